The summed E-state index contributed by atoms with van der Waals surface area (Å²) < 4.78 is 23.4. The first-order chi connectivity index (χ1) is 34.2. The molecule has 4 aliphatic carbocycles. The van der Waals surface area contributed by atoms with Crippen LogP contribution in [0, 0.1) is 58.2 Å². The lowest BCUT2D eigenvalue weighted by Crippen LogP contribution is -2.47. The molecule has 396 valence electrons. The van der Waals surface area contributed by atoms with Gasteiger partial charge in [0.05, 0.1) is 58.8 Å². The summed E-state index contributed by atoms with van der Waals surface area (Å²) in [6, 6.07) is 3.64. The van der Waals surface area contributed by atoms with Gasteiger partial charge in [0.15, 0.2) is 0 Å². The molecule has 2 aliphatic heterocycles. The summed E-state index contributed by atoms with van der Waals surface area (Å²) in [5.41, 5.74) is 0.681. The lowest BCUT2D eigenvalue weighted by atomic mass is 9.81. The minimum Gasteiger partial charge on any atom is -0.477 e. The number of carbonyl (C=O) groups is 4. The summed E-state index contributed by atoms with van der Waals surface area (Å²) in [5, 5.41) is 20.1. The third-order valence-corrected chi connectivity index (χ3v) is 17.3. The molecule has 8 rings (SSSR count). The van der Waals surface area contributed by atoms with Gasteiger partial charge in [0.2, 0.25) is 11.8 Å². The van der Waals surface area contributed by atoms with E-state index in [0.29, 0.717) is 46.2 Å². The van der Waals surface area contributed by atoms with Crippen LogP contribution in [0.15, 0.2) is 12.1 Å². The molecule has 6 fully saturated rings. The van der Waals surface area contributed by atoms with Gasteiger partial charge >= 0.3 is 11.9 Å². The Labute approximate surface area is 437 Å². The van der Waals surface area contributed by atoms with E-state index < -0.39 is 11.9 Å². The highest BCUT2D eigenvalue weighted by Gasteiger charge is 2.40. The smallest absolute Gasteiger partial charge is 0.348 e. The maximum Gasteiger partial charge on any atom is 0.348 e. The molecule has 0 radical (unpaired) electrons. The molecule has 72 heavy (non-hydrogen) atoms. The Kier molecular flexibility index (Phi) is 19.6. The van der Waals surface area contributed by atoms with Crippen LogP contribution in [-0.2, 0) is 28.5 Å². The van der Waals surface area contributed by atoms with Gasteiger partial charge in [-0.2, -0.15) is 0 Å². The second-order valence-electron chi connectivity index (χ2n) is 23.7. The molecule has 2 saturated heterocycles. The summed E-state index contributed by atoms with van der Waals surface area (Å²) in [4.78, 5) is 58.2. The Bertz CT molecular complexity index is 2120. The average Bonchev–Trinajstić information content (AvgIpc) is 4.19. The summed E-state index contributed by atoms with van der Waals surface area (Å²) >= 11 is 2.36. The number of hydrogen-bond acceptors (Lipinski definition) is 10. The van der Waals surface area contributed by atoms with E-state index in [2.05, 4.69) is 37.5 Å². The first-order valence-corrected chi connectivity index (χ1v) is 28.8. The SMILES string of the molecule is CC1CCC(C(=O)N(c2cc(C#CC(C)(C)C)sc2C(=O)O)C2CCC(O[C@H]3CCOC3)CC2)CC1.CC1CCC(C(=O)N(c2cc(C#CC(C)(C)C)sc2C(=O)O)C2CCC(O[C@H]3CCOC3)CC2)CC1. The molecule has 14 heteroatoms. The summed E-state index contributed by atoms with van der Waals surface area (Å²) in [7, 11) is 0. The number of ether oxygens (including phenoxy) is 4. The van der Waals surface area contributed by atoms with Gasteiger partial charge in [-0.25, -0.2) is 9.59 Å². The fourth-order valence-electron chi connectivity index (χ4n) is 11.1. The van der Waals surface area contributed by atoms with E-state index in [1.165, 1.54) is 22.7 Å². The monoisotopic (exact) mass is 1030 g/mol. The topological polar surface area (TPSA) is 152 Å². The van der Waals surface area contributed by atoms with Gasteiger partial charge in [-0.15, -0.1) is 22.7 Å². The first-order valence-electron chi connectivity index (χ1n) is 27.1. The second-order valence-corrected chi connectivity index (χ2v) is 25.8. The van der Waals surface area contributed by atoms with E-state index in [9.17, 15) is 29.4 Å². The first kappa shape index (κ1) is 56.0. The van der Waals surface area contributed by atoms with Crippen molar-refractivity contribution < 1.29 is 48.3 Å². The van der Waals surface area contributed by atoms with E-state index in [0.717, 1.165) is 129 Å². The molecule has 0 bridgehead atoms. The van der Waals surface area contributed by atoms with Crippen molar-refractivity contribution in [2.75, 3.05) is 36.2 Å². The van der Waals surface area contributed by atoms with E-state index in [1.807, 2.05) is 63.5 Å². The maximum absolute atomic E-state index is 14.0. The van der Waals surface area contributed by atoms with Crippen LogP contribution in [-0.4, -0.2) is 96.9 Å². The number of hydrogen-bond donors (Lipinski definition) is 2. The highest BCUT2D eigenvalue weighted by atomic mass is 32.1. The summed E-state index contributed by atoms with van der Waals surface area (Å²) in [6.45, 7) is 19.5. The number of thiophene rings is 2. The van der Waals surface area contributed by atoms with Crippen molar-refractivity contribution >= 4 is 57.8 Å². The van der Waals surface area contributed by atoms with Gasteiger partial charge in [-0.1, -0.05) is 37.5 Å². The molecular formula is C58H82N2O10S2. The van der Waals surface area contributed by atoms with E-state index >= 15 is 0 Å². The summed E-state index contributed by atoms with van der Waals surface area (Å²) in [6.07, 6.45) is 17.0. The van der Waals surface area contributed by atoms with E-state index in [1.54, 1.807) is 0 Å². The van der Waals surface area contributed by atoms with Crippen LogP contribution in [0.5, 0.6) is 0 Å². The predicted octanol–water partition coefficient (Wildman–Crippen LogP) is 12.2. The average molecular weight is 1030 g/mol. The van der Waals surface area contributed by atoms with Gasteiger partial charge in [0, 0.05) is 48.0 Å². The molecule has 2 atom stereocenters. The molecular weight excluding hydrogens is 949 g/mol. The van der Waals surface area contributed by atoms with Crippen molar-refractivity contribution in [2.24, 2.45) is 34.5 Å². The molecule has 4 heterocycles. The normalized spacial score (nSPS) is 28.8. The molecule has 2 aromatic heterocycles. The van der Waals surface area contributed by atoms with Crippen molar-refractivity contribution in [3.63, 3.8) is 0 Å². The van der Waals surface area contributed by atoms with Crippen LogP contribution in [0.25, 0.3) is 0 Å². The van der Waals surface area contributed by atoms with Crippen molar-refractivity contribution in [2.45, 2.75) is 207 Å². The lowest BCUT2D eigenvalue weighted by Gasteiger charge is -2.39. The molecule has 0 aromatic carbocycles. The Balaban J connectivity index is 0.000000211. The number of carboxylic acids is 2. The Morgan fingerprint density at radius 3 is 1.17 bits per heavy atom. The molecule has 2 aromatic rings. The number of carboxylic acid groups (broad SMARTS) is 2. The standard InChI is InChI=1S/2C29H41NO5S/c2*1-19-5-7-20(8-6-19)27(31)30(21-9-11-22(12-10-21)35-23-14-16-34-18-23)25-17-24(13-15-29(2,3)4)36-26(25)28(32)33/h2*17,19-23H,5-12,14,16,18H2,1-4H3,(H,32,33)/t2*19?,20?,21?,22?,23-/m00/s1. The molecule has 6 aliphatic rings. The summed E-state index contributed by atoms with van der Waals surface area (Å²) in [5.74, 6) is 12.1. The van der Waals surface area contributed by atoms with E-state index in [4.69, 9.17) is 18.9 Å². The van der Waals surface area contributed by atoms with Crippen LogP contribution in [0.1, 0.15) is 200 Å². The van der Waals surface area contributed by atoms with Gasteiger partial charge in [-0.3, -0.25) is 9.59 Å². The lowest BCUT2D eigenvalue weighted by molar-refractivity contribution is -0.125. The van der Waals surface area contributed by atoms with Gasteiger partial charge in [-0.05, 0) is 181 Å². The van der Waals surface area contributed by atoms with Crippen molar-refractivity contribution in [1.82, 2.24) is 0 Å². The molecule has 0 unspecified atom stereocenters. The predicted molar refractivity (Wildman–Crippen MR) is 285 cm³/mol. The highest BCUT2D eigenvalue weighted by Crippen LogP contribution is 2.42. The molecule has 2 N–H and O–H groups in total. The number of carbonyl (C=O) groups excluding carboxylic acids is 2. The molecule has 2 amide bonds. The minimum absolute atomic E-state index is 0.0207. The van der Waals surface area contributed by atoms with Crippen LogP contribution in [0.3, 0.4) is 0 Å². The zero-order chi connectivity index (χ0) is 51.7. The zero-order valence-electron chi connectivity index (χ0n) is 44.4. The van der Waals surface area contributed by atoms with Crippen molar-refractivity contribution in [3.8, 4) is 23.7 Å². The van der Waals surface area contributed by atoms with Gasteiger partial charge < -0.3 is 39.0 Å². The maximum atomic E-state index is 14.0. The molecule has 12 nitrogen and oxygen atoms in total. The second kappa shape index (κ2) is 25.2. The molecule has 0 spiro atoms. The van der Waals surface area contributed by atoms with Crippen LogP contribution in [0.4, 0.5) is 11.4 Å². The number of anilines is 2. The number of aromatic carboxylic acids is 2. The fraction of sp³-hybridized carbons (Fsp3) is 0.724. The van der Waals surface area contributed by atoms with Crippen LogP contribution < -0.4 is 9.80 Å². The van der Waals surface area contributed by atoms with Crippen LogP contribution >= 0.6 is 22.7 Å². The van der Waals surface area contributed by atoms with Crippen molar-refractivity contribution in [3.05, 3.63) is 31.6 Å². The van der Waals surface area contributed by atoms with Gasteiger partial charge in [0.25, 0.3) is 0 Å². The zero-order valence-corrected chi connectivity index (χ0v) is 46.0. The number of amides is 2. The van der Waals surface area contributed by atoms with E-state index in [-0.39, 0.29) is 80.7 Å². The molecule has 4 saturated carbocycles. The highest BCUT2D eigenvalue weighted by molar-refractivity contribution is 7.15. The van der Waals surface area contributed by atoms with Gasteiger partial charge in [0.1, 0.15) is 9.75 Å². The third kappa shape index (κ3) is 15.6. The number of rotatable bonds is 12. The minimum atomic E-state index is -0.993. The Morgan fingerprint density at radius 2 is 0.875 bits per heavy atom. The Morgan fingerprint density at radius 1 is 0.528 bits per heavy atom. The largest absolute Gasteiger partial charge is 0.477 e. The quantitative estimate of drug-likeness (QED) is 0.197. The van der Waals surface area contributed by atoms with Crippen molar-refractivity contribution in [1.29, 1.82) is 0 Å². The third-order valence-electron chi connectivity index (χ3n) is 15.2. The van der Waals surface area contributed by atoms with Crippen LogP contribution in [0.2, 0.25) is 0 Å². The Hall–Kier alpha value is -3.76. The fourth-order valence-corrected chi connectivity index (χ4v) is 12.8. The number of nitrogens with zero attached hydrogens (tertiary/aromatic N) is 2.